The number of amides is 1. The van der Waals surface area contributed by atoms with Gasteiger partial charge in [0.15, 0.2) is 6.23 Å². The largest absolute Gasteiger partial charge is 0.465 e. The number of rotatable bonds is 8. The molecular formula is C33H43N9O4. The van der Waals surface area contributed by atoms with Gasteiger partial charge in [0.2, 0.25) is 0 Å². The summed E-state index contributed by atoms with van der Waals surface area (Å²) >= 11 is 0. The van der Waals surface area contributed by atoms with Gasteiger partial charge in [-0.3, -0.25) is 0 Å². The van der Waals surface area contributed by atoms with Gasteiger partial charge in [-0.05, 0) is 71.2 Å². The Morgan fingerprint density at radius 3 is 2.76 bits per heavy atom. The second kappa shape index (κ2) is 12.2. The van der Waals surface area contributed by atoms with Crippen molar-refractivity contribution in [1.29, 1.82) is 5.26 Å². The maximum atomic E-state index is 11.9. The third kappa shape index (κ3) is 5.58. The van der Waals surface area contributed by atoms with Crippen molar-refractivity contribution in [3.8, 4) is 12.1 Å². The van der Waals surface area contributed by atoms with Crippen LogP contribution >= 0.6 is 0 Å². The molecule has 2 atom stereocenters. The molecule has 244 valence electrons. The lowest BCUT2D eigenvalue weighted by Crippen LogP contribution is -2.55. The van der Waals surface area contributed by atoms with Gasteiger partial charge in [0.1, 0.15) is 12.4 Å². The Hall–Kier alpha value is -4.15. The lowest BCUT2D eigenvalue weighted by Gasteiger charge is -2.41. The number of hydrogen-bond donors (Lipinski definition) is 1. The van der Waals surface area contributed by atoms with Crippen LogP contribution in [-0.4, -0.2) is 106 Å². The molecule has 1 unspecified atom stereocenters. The van der Waals surface area contributed by atoms with Gasteiger partial charge in [0.25, 0.3) is 0 Å². The number of fused-ring (bicyclic) bond motifs is 2. The first kappa shape index (κ1) is 30.5. The summed E-state index contributed by atoms with van der Waals surface area (Å²) in [7, 11) is 4.16. The molecule has 1 N–H and O–H groups in total. The highest BCUT2D eigenvalue weighted by Gasteiger charge is 2.46. The molecule has 5 heterocycles. The van der Waals surface area contributed by atoms with E-state index in [0.29, 0.717) is 38.8 Å². The van der Waals surface area contributed by atoms with E-state index in [-0.39, 0.29) is 18.2 Å². The Balaban J connectivity index is 1.22. The third-order valence-corrected chi connectivity index (χ3v) is 10.3. The standard InChI is InChI=1S/C33H43N9O4/c1-22-7-8-27-25(18-35-42(27)28-6-4-5-17-45-28)29(22)39-14-10-24-26(20-39)36-31(46-21-33(11-12-33)38(2)3)37-30(24)40-15-16-41(32(43)44)23(19-40)9-13-34/h7-8,18,23,28H,4-6,9-12,14-17,19-21H2,1-3H3,(H,43,44)/t23-,28?/m0/s1. The number of aryl methyl sites for hydroxylation is 1. The van der Waals surface area contributed by atoms with Crippen molar-refractivity contribution < 1.29 is 19.4 Å². The Kier molecular flexibility index (Phi) is 8.10. The number of aromatic nitrogens is 4. The molecule has 1 aliphatic carbocycles. The lowest BCUT2D eigenvalue weighted by atomic mass is 10.0. The summed E-state index contributed by atoms with van der Waals surface area (Å²) in [6.45, 7) is 5.97. The van der Waals surface area contributed by atoms with Crippen LogP contribution in [0.2, 0.25) is 0 Å². The average molecular weight is 630 g/mol. The number of likely N-dealkylation sites (N-methyl/N-ethyl adjacent to an activating group) is 1. The Labute approximate surface area is 269 Å². The lowest BCUT2D eigenvalue weighted by molar-refractivity contribution is -0.0366. The molecule has 0 radical (unpaired) electrons. The summed E-state index contributed by atoms with van der Waals surface area (Å²) < 4.78 is 14.5. The summed E-state index contributed by atoms with van der Waals surface area (Å²) in [6, 6.07) is 6.41. The summed E-state index contributed by atoms with van der Waals surface area (Å²) in [4.78, 5) is 30.0. The predicted molar refractivity (Wildman–Crippen MR) is 172 cm³/mol. The Morgan fingerprint density at radius 1 is 1.20 bits per heavy atom. The van der Waals surface area contributed by atoms with Crippen LogP contribution in [0.5, 0.6) is 6.01 Å². The molecular weight excluding hydrogens is 586 g/mol. The summed E-state index contributed by atoms with van der Waals surface area (Å²) in [5.41, 5.74) is 5.39. The van der Waals surface area contributed by atoms with Crippen LogP contribution in [0, 0.1) is 18.3 Å². The van der Waals surface area contributed by atoms with E-state index in [9.17, 15) is 15.2 Å². The second-order valence-electron chi connectivity index (χ2n) is 13.3. The first-order valence-electron chi connectivity index (χ1n) is 16.4. The third-order valence-electron chi connectivity index (χ3n) is 10.3. The van der Waals surface area contributed by atoms with Crippen molar-refractivity contribution in [3.63, 3.8) is 0 Å². The first-order valence-corrected chi connectivity index (χ1v) is 16.4. The molecule has 13 nitrogen and oxygen atoms in total. The van der Waals surface area contributed by atoms with E-state index in [2.05, 4.69) is 53.9 Å². The molecule has 2 saturated heterocycles. The second-order valence-corrected chi connectivity index (χ2v) is 13.3. The van der Waals surface area contributed by atoms with E-state index >= 15 is 0 Å². The molecule has 1 aromatic carbocycles. The molecule has 1 amide bonds. The molecule has 3 aromatic rings. The van der Waals surface area contributed by atoms with E-state index in [0.717, 1.165) is 85.3 Å². The average Bonchev–Trinajstić information content (AvgIpc) is 3.75. The zero-order valence-electron chi connectivity index (χ0n) is 27.0. The van der Waals surface area contributed by atoms with Crippen molar-refractivity contribution in [1.82, 2.24) is 29.5 Å². The van der Waals surface area contributed by atoms with Gasteiger partial charge < -0.3 is 34.2 Å². The van der Waals surface area contributed by atoms with Crippen LogP contribution in [0.1, 0.15) is 61.6 Å². The number of carbonyl (C=O) groups is 1. The minimum absolute atomic E-state index is 0.00538. The van der Waals surface area contributed by atoms with Gasteiger partial charge in [-0.25, -0.2) is 9.48 Å². The van der Waals surface area contributed by atoms with E-state index < -0.39 is 12.1 Å². The van der Waals surface area contributed by atoms with Crippen LogP contribution < -0.4 is 14.5 Å². The van der Waals surface area contributed by atoms with Gasteiger partial charge in [0.05, 0.1) is 53.7 Å². The van der Waals surface area contributed by atoms with E-state index in [4.69, 9.17) is 24.5 Å². The maximum absolute atomic E-state index is 11.9. The first-order chi connectivity index (χ1) is 22.3. The number of hydrogen-bond acceptors (Lipinski definition) is 10. The van der Waals surface area contributed by atoms with Crippen LogP contribution in [0.15, 0.2) is 18.3 Å². The van der Waals surface area contributed by atoms with Crippen molar-refractivity contribution in [2.45, 2.75) is 76.2 Å². The molecule has 7 rings (SSSR count). The Bertz CT molecular complexity index is 1660. The maximum Gasteiger partial charge on any atom is 0.407 e. The van der Waals surface area contributed by atoms with Gasteiger partial charge in [-0.15, -0.1) is 0 Å². The van der Waals surface area contributed by atoms with E-state index in [1.54, 1.807) is 0 Å². The summed E-state index contributed by atoms with van der Waals surface area (Å²) in [5, 5.41) is 25.1. The highest BCUT2D eigenvalue weighted by Crippen LogP contribution is 2.41. The molecule has 46 heavy (non-hydrogen) atoms. The SMILES string of the molecule is Cc1ccc2c(cnn2C2CCCCO2)c1N1CCc2c(nc(OCC3(N(C)C)CC3)nc2N2CCN(C(=O)O)[C@@H](CC#N)C2)C1. The number of nitriles is 1. The normalized spacial score (nSPS) is 22.5. The molecule has 2 aromatic heterocycles. The fourth-order valence-corrected chi connectivity index (χ4v) is 7.33. The molecule has 0 spiro atoms. The van der Waals surface area contributed by atoms with Gasteiger partial charge in [-0.1, -0.05) is 6.07 Å². The summed E-state index contributed by atoms with van der Waals surface area (Å²) in [5.74, 6) is 0.791. The molecule has 1 saturated carbocycles. The fourth-order valence-electron chi connectivity index (χ4n) is 7.33. The van der Waals surface area contributed by atoms with Crippen molar-refractivity contribution >= 4 is 28.5 Å². The van der Waals surface area contributed by atoms with Crippen molar-refractivity contribution in [2.75, 3.05) is 63.3 Å². The van der Waals surface area contributed by atoms with Crippen LogP contribution in [0.3, 0.4) is 0 Å². The number of ether oxygens (including phenoxy) is 2. The molecule has 13 heteroatoms. The van der Waals surface area contributed by atoms with Gasteiger partial charge in [0, 0.05) is 43.7 Å². The van der Waals surface area contributed by atoms with Gasteiger partial charge >= 0.3 is 12.1 Å². The zero-order chi connectivity index (χ0) is 32.0. The zero-order valence-corrected chi connectivity index (χ0v) is 27.0. The topological polar surface area (TPSA) is 136 Å². The molecule has 3 fully saturated rings. The smallest absolute Gasteiger partial charge is 0.407 e. The van der Waals surface area contributed by atoms with Crippen molar-refractivity contribution in [2.24, 2.45) is 0 Å². The van der Waals surface area contributed by atoms with Gasteiger partial charge in [-0.2, -0.15) is 20.3 Å². The molecule has 4 aliphatic rings. The Morgan fingerprint density at radius 2 is 2.04 bits per heavy atom. The monoisotopic (exact) mass is 629 g/mol. The molecule has 0 bridgehead atoms. The van der Waals surface area contributed by atoms with Crippen LogP contribution in [-0.2, 0) is 17.7 Å². The number of nitrogens with zero attached hydrogens (tertiary/aromatic N) is 9. The van der Waals surface area contributed by atoms with Crippen LogP contribution in [0.4, 0.5) is 16.3 Å². The van der Waals surface area contributed by atoms with Crippen molar-refractivity contribution in [3.05, 3.63) is 35.2 Å². The predicted octanol–water partition coefficient (Wildman–Crippen LogP) is 3.95. The number of benzene rings is 1. The quantitative estimate of drug-likeness (QED) is 0.388. The van der Waals surface area contributed by atoms with E-state index in [1.807, 2.05) is 10.9 Å². The highest BCUT2D eigenvalue weighted by atomic mass is 16.5. The number of piperazine rings is 1. The van der Waals surface area contributed by atoms with E-state index in [1.165, 1.54) is 10.5 Å². The number of anilines is 2. The minimum Gasteiger partial charge on any atom is -0.465 e. The molecule has 3 aliphatic heterocycles. The minimum atomic E-state index is -0.995. The summed E-state index contributed by atoms with van der Waals surface area (Å²) in [6.07, 6.45) is 7.12. The highest BCUT2D eigenvalue weighted by molar-refractivity contribution is 5.94. The number of carboxylic acid groups (broad SMARTS) is 1. The van der Waals surface area contributed by atoms with Crippen LogP contribution in [0.25, 0.3) is 10.9 Å². The fraction of sp³-hybridized carbons (Fsp3) is 0.606.